The van der Waals surface area contributed by atoms with Crippen LogP contribution in [0, 0.1) is 0 Å². The first kappa shape index (κ1) is 66.5. The molecule has 25 heteroatoms. The molecule has 14 heterocycles. The Labute approximate surface area is 611 Å². The minimum atomic E-state index is -0.0264. The maximum atomic E-state index is 13.1. The molecule has 0 saturated carbocycles. The molecule has 0 atom stereocenters. The Bertz CT molecular complexity index is 5820. The molecule has 5 aromatic carbocycles. The monoisotopic (exact) mass is 1430 g/mol. The fourth-order valence-electron chi connectivity index (χ4n) is 15.4. The molecular formula is C81H77N19O5S. The van der Waals surface area contributed by atoms with Gasteiger partial charge in [-0.25, -0.2) is 29.9 Å². The highest BCUT2D eigenvalue weighted by molar-refractivity contribution is 7.12. The van der Waals surface area contributed by atoms with Crippen molar-refractivity contribution in [3.8, 4) is 45.7 Å². The Morgan fingerprint density at radius 2 is 0.906 bits per heavy atom. The quantitative estimate of drug-likeness (QED) is 0.0565. The Morgan fingerprint density at radius 1 is 0.481 bits per heavy atom. The van der Waals surface area contributed by atoms with Gasteiger partial charge in [0.15, 0.2) is 6.61 Å². The molecule has 3 fully saturated rings. The van der Waals surface area contributed by atoms with E-state index in [0.717, 1.165) is 174 Å². The summed E-state index contributed by atoms with van der Waals surface area (Å²) in [6.45, 7) is 4.14. The molecule has 19 rings (SSSR count). The van der Waals surface area contributed by atoms with Crippen molar-refractivity contribution in [2.24, 2.45) is 0 Å². The lowest BCUT2D eigenvalue weighted by Crippen LogP contribution is -2.40. The van der Waals surface area contributed by atoms with Gasteiger partial charge in [-0.3, -0.25) is 27.6 Å². The highest BCUT2D eigenvalue weighted by Gasteiger charge is 2.33. The van der Waals surface area contributed by atoms with E-state index in [0.29, 0.717) is 61.6 Å². The fourth-order valence-corrected chi connectivity index (χ4v) is 16.1. The SMILES string of the molecule is COc1cccc(OCC(=O)N2CCC(c3nc(-c4cc5ccccc5[nH]4)c4c(N)nccn34)CC2)c1.Nc1nccn2c(C3CCN(C(=O)Cc4c[nH]c5ccccc45)CC3)nc(-c3cc4ccccc4[nH]3)c12.Nc1nccn2c(C3CCN(C(=O)c4cccs4)CC3)nc(-c3cc4ccccc4[nH]3)c12. The molecule has 3 saturated heterocycles. The predicted octanol–water partition coefficient (Wildman–Crippen LogP) is 13.7. The van der Waals surface area contributed by atoms with Gasteiger partial charge in [0.05, 0.1) is 35.5 Å². The van der Waals surface area contributed by atoms with Crippen LogP contribution in [0.1, 0.15) is 89.0 Å². The number of ether oxygens (including phenoxy) is 2. The van der Waals surface area contributed by atoms with Crippen molar-refractivity contribution in [1.29, 1.82) is 0 Å². The van der Waals surface area contributed by atoms with Crippen molar-refractivity contribution < 1.29 is 23.9 Å². The number of nitrogens with zero attached hydrogens (tertiary/aromatic N) is 12. The molecule has 24 nitrogen and oxygen atoms in total. The van der Waals surface area contributed by atoms with Gasteiger partial charge in [-0.1, -0.05) is 84.9 Å². The summed E-state index contributed by atoms with van der Waals surface area (Å²) in [6.07, 6.45) is 18.4. The van der Waals surface area contributed by atoms with Gasteiger partial charge in [-0.05, 0) is 110 Å². The van der Waals surface area contributed by atoms with E-state index < -0.39 is 0 Å². The van der Waals surface area contributed by atoms with Crippen molar-refractivity contribution in [2.75, 3.05) is 70.2 Å². The number of imidazole rings is 3. The number of para-hydroxylation sites is 4. The van der Waals surface area contributed by atoms with E-state index in [2.05, 4.69) is 103 Å². The number of H-pyrrole nitrogens is 4. The summed E-state index contributed by atoms with van der Waals surface area (Å²) >= 11 is 1.50. The van der Waals surface area contributed by atoms with E-state index in [9.17, 15) is 14.4 Å². The first-order valence-electron chi connectivity index (χ1n) is 35.8. The molecule has 0 unspecified atom stereocenters. The van der Waals surface area contributed by atoms with Crippen LogP contribution in [0.15, 0.2) is 200 Å². The molecular weight excluding hydrogens is 1350 g/mol. The van der Waals surface area contributed by atoms with E-state index in [1.807, 2.05) is 136 Å². The number of piperidine rings is 3. The van der Waals surface area contributed by atoms with Gasteiger partial charge in [0.2, 0.25) is 5.91 Å². The van der Waals surface area contributed by atoms with Crippen molar-refractivity contribution in [1.82, 2.24) is 77.7 Å². The molecule has 532 valence electrons. The molecule has 106 heavy (non-hydrogen) atoms. The number of thiophene rings is 1. The summed E-state index contributed by atoms with van der Waals surface area (Å²) in [4.78, 5) is 87.2. The van der Waals surface area contributed by atoms with Gasteiger partial charge in [0.1, 0.15) is 80.1 Å². The largest absolute Gasteiger partial charge is 0.497 e. The minimum absolute atomic E-state index is 0.00310. The molecule has 0 bridgehead atoms. The topological polar surface area (TPSA) is 311 Å². The van der Waals surface area contributed by atoms with Crippen molar-refractivity contribution in [3.63, 3.8) is 0 Å². The van der Waals surface area contributed by atoms with Crippen molar-refractivity contribution in [3.05, 3.63) is 228 Å². The normalized spacial score (nSPS) is 14.7. The van der Waals surface area contributed by atoms with Gasteiger partial charge in [-0.2, -0.15) is 0 Å². The average Bonchev–Trinajstić information content (AvgIpc) is 1.61. The van der Waals surface area contributed by atoms with Crippen LogP contribution in [0.25, 0.3) is 94.3 Å². The highest BCUT2D eigenvalue weighted by Crippen LogP contribution is 2.40. The maximum absolute atomic E-state index is 13.1. The summed E-state index contributed by atoms with van der Waals surface area (Å²) in [6, 6.07) is 50.0. The van der Waals surface area contributed by atoms with Crippen LogP contribution in [0.5, 0.6) is 11.5 Å². The standard InChI is InChI=1S/C29H27N7O.C28H28N6O3.C24H22N6OS/c30-28-27-26(24-15-19-5-1-3-7-22(19)33-24)34-29(36(27)14-11-31-28)18-9-12-35(13-10-18)25(37)16-20-17-32-23-8-4-2-6-21(20)23;1-36-20-6-4-7-21(16-20)37-17-24(35)33-12-9-18(10-13-33)28-32-25(26-27(29)30-11-14-34(26)28)23-15-19-5-2-3-8-22(19)31-23;25-22-21-20(18-14-16-4-1-2-5-17(16)27-18)28-23(30(21)12-9-26-22)15-7-10-29(11-8-15)24(31)19-6-3-13-32-19/h1-8,11,14-15,17-18,32-33H,9-10,12-13,16H2,(H2,30,31);2-8,11,14-16,18,31H,9-10,12-13,17H2,1H3,(H2,29,30);1-6,9,12-15,27H,7-8,10-11H2,(H2,25,26). The molecule has 11 aromatic heterocycles. The van der Waals surface area contributed by atoms with Crippen LogP contribution < -0.4 is 26.7 Å². The van der Waals surface area contributed by atoms with Crippen LogP contribution in [0.2, 0.25) is 0 Å². The number of aromatic nitrogens is 13. The third kappa shape index (κ3) is 12.9. The Morgan fingerprint density at radius 3 is 1.35 bits per heavy atom. The lowest BCUT2D eigenvalue weighted by Gasteiger charge is -2.31. The molecule has 0 spiro atoms. The lowest BCUT2D eigenvalue weighted by atomic mass is 9.95. The molecule has 3 aliphatic heterocycles. The number of carbonyl (C=O) groups excluding carboxylic acids is 3. The predicted molar refractivity (Wildman–Crippen MR) is 414 cm³/mol. The second-order valence-electron chi connectivity index (χ2n) is 27.2. The van der Waals surface area contributed by atoms with Gasteiger partial charge in [0, 0.05) is 150 Å². The van der Waals surface area contributed by atoms with Crippen LogP contribution in [-0.2, 0) is 16.0 Å². The zero-order valence-electron chi connectivity index (χ0n) is 58.2. The third-order valence-electron chi connectivity index (χ3n) is 20.9. The summed E-state index contributed by atoms with van der Waals surface area (Å²) in [7, 11) is 1.60. The second-order valence-corrected chi connectivity index (χ2v) is 28.2. The van der Waals surface area contributed by atoms with E-state index in [1.165, 1.54) is 11.3 Å². The van der Waals surface area contributed by atoms with Crippen LogP contribution in [0.4, 0.5) is 17.5 Å². The second kappa shape index (κ2) is 28.5. The zero-order chi connectivity index (χ0) is 71.9. The minimum Gasteiger partial charge on any atom is -0.497 e. The number of carbonyl (C=O) groups is 3. The summed E-state index contributed by atoms with van der Waals surface area (Å²) in [5.74, 6) is 6.50. The highest BCUT2D eigenvalue weighted by atomic mass is 32.1. The molecule has 3 amide bonds. The zero-order valence-corrected chi connectivity index (χ0v) is 59.0. The summed E-state index contributed by atoms with van der Waals surface area (Å²) in [5, 5.41) is 6.44. The number of amides is 3. The number of aromatic amines is 4. The van der Waals surface area contributed by atoms with E-state index in [1.54, 1.807) is 31.8 Å². The molecule has 16 aromatic rings. The van der Waals surface area contributed by atoms with Gasteiger partial charge in [-0.15, -0.1) is 11.3 Å². The summed E-state index contributed by atoms with van der Waals surface area (Å²) in [5.41, 5.74) is 31.9. The number of rotatable bonds is 13. The lowest BCUT2D eigenvalue weighted by molar-refractivity contribution is -0.134. The van der Waals surface area contributed by atoms with Crippen molar-refractivity contribution >= 4 is 107 Å². The molecule has 0 radical (unpaired) electrons. The van der Waals surface area contributed by atoms with E-state index in [-0.39, 0.29) is 42.1 Å². The summed E-state index contributed by atoms with van der Waals surface area (Å²) < 4.78 is 17.1. The number of nitrogens with one attached hydrogen (secondary N) is 4. The number of methoxy groups -OCH3 is 1. The van der Waals surface area contributed by atoms with Crippen LogP contribution >= 0.6 is 11.3 Å². The Balaban J connectivity index is 0.000000117. The van der Waals surface area contributed by atoms with Crippen LogP contribution in [0.3, 0.4) is 0 Å². The number of nitrogens with two attached hydrogens (primary N) is 3. The number of hydrogen-bond donors (Lipinski definition) is 7. The Hall–Kier alpha value is -12.8. The molecule has 10 N–H and O–H groups in total. The number of hydrogen-bond acceptors (Lipinski definition) is 15. The van der Waals surface area contributed by atoms with Gasteiger partial charge in [0.25, 0.3) is 11.8 Å². The third-order valence-corrected chi connectivity index (χ3v) is 21.8. The molecule has 3 aliphatic rings. The van der Waals surface area contributed by atoms with Crippen LogP contribution in [-0.4, -0.2) is 148 Å². The van der Waals surface area contributed by atoms with Gasteiger partial charge >= 0.3 is 0 Å². The average molecular weight is 1430 g/mol. The van der Waals surface area contributed by atoms with E-state index in [4.69, 9.17) is 41.6 Å². The maximum Gasteiger partial charge on any atom is 0.263 e. The van der Waals surface area contributed by atoms with Gasteiger partial charge < -0.3 is 61.3 Å². The number of fused-ring (bicyclic) bond motifs is 7. The smallest absolute Gasteiger partial charge is 0.263 e. The number of likely N-dealkylation sites (tertiary alicyclic amines) is 3. The number of anilines is 3. The number of benzene rings is 5. The number of nitrogen functional groups attached to an aromatic ring is 3. The first-order chi connectivity index (χ1) is 51.9. The first-order valence-corrected chi connectivity index (χ1v) is 36.6. The molecule has 0 aliphatic carbocycles. The fraction of sp³-hybridized carbons (Fsp3) is 0.222. The van der Waals surface area contributed by atoms with E-state index >= 15 is 0 Å². The van der Waals surface area contributed by atoms with Crippen molar-refractivity contribution in [2.45, 2.75) is 62.7 Å². The Kier molecular flexibility index (Phi) is 17.8.